The fourth-order valence-corrected chi connectivity index (χ4v) is 2.00. The number of carbonyl (C=O) groups is 1. The van der Waals surface area contributed by atoms with Gasteiger partial charge in [-0.1, -0.05) is 30.7 Å². The minimum Gasteiger partial charge on any atom is -0.369 e. The van der Waals surface area contributed by atoms with Crippen molar-refractivity contribution < 1.29 is 4.79 Å². The molecule has 0 bridgehead atoms. The Labute approximate surface area is 84.1 Å². The lowest BCUT2D eigenvalue weighted by molar-refractivity contribution is -0.117. The fraction of sp³-hybridized carbons (Fsp3) is 0.417. The molecule has 0 radical (unpaired) electrons. The third-order valence-corrected chi connectivity index (χ3v) is 2.96. The molecule has 2 rings (SSSR count). The minimum absolute atomic E-state index is 0.239. The number of rotatable bonds is 3. The number of primary amides is 1. The van der Waals surface area contributed by atoms with Gasteiger partial charge < -0.3 is 5.73 Å². The highest BCUT2D eigenvalue weighted by atomic mass is 16.1. The van der Waals surface area contributed by atoms with Crippen LogP contribution in [0.1, 0.15) is 36.3 Å². The Bertz CT molecular complexity index is 342. The Kier molecular flexibility index (Phi) is 2.53. The molecule has 0 unspecified atom stereocenters. The summed E-state index contributed by atoms with van der Waals surface area (Å²) in [5, 5.41) is 0. The number of benzene rings is 1. The van der Waals surface area contributed by atoms with E-state index in [4.69, 9.17) is 5.73 Å². The average Bonchev–Trinajstić information content (AvgIpc) is 2.04. The van der Waals surface area contributed by atoms with Crippen LogP contribution in [0.25, 0.3) is 0 Å². The summed E-state index contributed by atoms with van der Waals surface area (Å²) in [6, 6.07) is 8.15. The van der Waals surface area contributed by atoms with Crippen molar-refractivity contribution in [1.82, 2.24) is 0 Å². The summed E-state index contributed by atoms with van der Waals surface area (Å²) in [6.07, 6.45) is 4.22. The van der Waals surface area contributed by atoms with E-state index in [1.165, 1.54) is 24.8 Å². The molecule has 0 atom stereocenters. The predicted molar refractivity (Wildman–Crippen MR) is 55.9 cm³/mol. The molecule has 1 aromatic carbocycles. The summed E-state index contributed by atoms with van der Waals surface area (Å²) >= 11 is 0. The van der Waals surface area contributed by atoms with E-state index in [1.54, 1.807) is 0 Å². The molecule has 1 aliphatic carbocycles. The van der Waals surface area contributed by atoms with Gasteiger partial charge in [0.2, 0.25) is 5.91 Å². The molecule has 0 aliphatic heterocycles. The van der Waals surface area contributed by atoms with Gasteiger partial charge in [0, 0.05) is 0 Å². The zero-order chi connectivity index (χ0) is 9.97. The van der Waals surface area contributed by atoms with Crippen LogP contribution in [-0.2, 0) is 11.2 Å². The number of amides is 1. The highest BCUT2D eigenvalue weighted by Crippen LogP contribution is 2.37. The summed E-state index contributed by atoms with van der Waals surface area (Å²) < 4.78 is 0. The molecule has 0 heterocycles. The maximum atomic E-state index is 10.9. The van der Waals surface area contributed by atoms with Gasteiger partial charge in [-0.15, -0.1) is 0 Å². The van der Waals surface area contributed by atoms with Crippen molar-refractivity contribution in [3.63, 3.8) is 0 Å². The predicted octanol–water partition coefficient (Wildman–Crippen LogP) is 1.98. The van der Waals surface area contributed by atoms with Gasteiger partial charge in [0.1, 0.15) is 0 Å². The van der Waals surface area contributed by atoms with Crippen molar-refractivity contribution in [3.05, 3.63) is 35.4 Å². The first kappa shape index (κ1) is 9.25. The molecule has 1 aliphatic rings. The van der Waals surface area contributed by atoms with Gasteiger partial charge in [-0.25, -0.2) is 0 Å². The largest absolute Gasteiger partial charge is 0.369 e. The Morgan fingerprint density at radius 3 is 2.64 bits per heavy atom. The second-order valence-electron chi connectivity index (χ2n) is 3.97. The van der Waals surface area contributed by atoms with Crippen molar-refractivity contribution in [1.29, 1.82) is 0 Å². The monoisotopic (exact) mass is 189 g/mol. The first-order valence-corrected chi connectivity index (χ1v) is 5.13. The smallest absolute Gasteiger partial charge is 0.221 e. The van der Waals surface area contributed by atoms with E-state index in [-0.39, 0.29) is 5.91 Å². The lowest BCUT2D eigenvalue weighted by Gasteiger charge is -2.27. The number of nitrogens with two attached hydrogens (primary N) is 1. The Morgan fingerprint density at radius 1 is 1.36 bits per heavy atom. The van der Waals surface area contributed by atoms with Crippen LogP contribution < -0.4 is 5.73 Å². The Hall–Kier alpha value is -1.31. The molecule has 0 saturated heterocycles. The molecular weight excluding hydrogens is 174 g/mol. The number of carbonyl (C=O) groups excluding carboxylic acids is 1. The van der Waals surface area contributed by atoms with Crippen molar-refractivity contribution in [2.45, 2.75) is 31.6 Å². The molecule has 14 heavy (non-hydrogen) atoms. The van der Waals surface area contributed by atoms with Crippen LogP contribution in [0.5, 0.6) is 0 Å². The highest BCUT2D eigenvalue weighted by molar-refractivity contribution is 5.77. The van der Waals surface area contributed by atoms with Gasteiger partial charge in [0.05, 0.1) is 6.42 Å². The van der Waals surface area contributed by atoms with Crippen molar-refractivity contribution in [3.8, 4) is 0 Å². The molecule has 74 valence electrons. The highest BCUT2D eigenvalue weighted by Gasteiger charge is 2.21. The van der Waals surface area contributed by atoms with Crippen molar-refractivity contribution in [2.24, 2.45) is 5.73 Å². The molecule has 2 nitrogen and oxygen atoms in total. The minimum atomic E-state index is -0.239. The first-order valence-electron chi connectivity index (χ1n) is 5.13. The molecular formula is C12H15NO. The lowest BCUT2D eigenvalue weighted by Crippen LogP contribution is -2.17. The quantitative estimate of drug-likeness (QED) is 0.776. The molecule has 0 aromatic heterocycles. The van der Waals surface area contributed by atoms with Gasteiger partial charge in [0.15, 0.2) is 0 Å². The van der Waals surface area contributed by atoms with Gasteiger partial charge >= 0.3 is 0 Å². The van der Waals surface area contributed by atoms with Crippen LogP contribution in [0, 0.1) is 0 Å². The normalized spacial score (nSPS) is 16.3. The molecule has 2 N–H and O–H groups in total. The van der Waals surface area contributed by atoms with E-state index >= 15 is 0 Å². The Morgan fingerprint density at radius 2 is 2.07 bits per heavy atom. The summed E-state index contributed by atoms with van der Waals surface area (Å²) in [5.74, 6) is 0.433. The SMILES string of the molecule is NC(=O)Cc1ccccc1C1CCC1. The summed E-state index contributed by atoms with van der Waals surface area (Å²) in [6.45, 7) is 0. The van der Waals surface area contributed by atoms with Gasteiger partial charge in [0.25, 0.3) is 0 Å². The van der Waals surface area contributed by atoms with Crippen LogP contribution in [-0.4, -0.2) is 5.91 Å². The summed E-state index contributed by atoms with van der Waals surface area (Å²) in [5.41, 5.74) is 7.66. The summed E-state index contributed by atoms with van der Waals surface area (Å²) in [4.78, 5) is 10.9. The topological polar surface area (TPSA) is 43.1 Å². The van der Waals surface area contributed by atoms with E-state index in [2.05, 4.69) is 6.07 Å². The third kappa shape index (κ3) is 1.79. The fourth-order valence-electron chi connectivity index (χ4n) is 2.00. The van der Waals surface area contributed by atoms with Crippen LogP contribution in [0.3, 0.4) is 0 Å². The van der Waals surface area contributed by atoms with Crippen molar-refractivity contribution in [2.75, 3.05) is 0 Å². The maximum absolute atomic E-state index is 10.9. The first-order chi connectivity index (χ1) is 6.77. The molecule has 1 amide bonds. The van der Waals surface area contributed by atoms with E-state index in [9.17, 15) is 4.79 Å². The Balaban J connectivity index is 2.23. The lowest BCUT2D eigenvalue weighted by atomic mass is 9.78. The van der Waals surface area contributed by atoms with Crippen molar-refractivity contribution >= 4 is 5.91 Å². The van der Waals surface area contributed by atoms with Gasteiger partial charge in [-0.3, -0.25) is 4.79 Å². The molecule has 2 heteroatoms. The summed E-state index contributed by atoms with van der Waals surface area (Å²) in [7, 11) is 0. The van der Waals surface area contributed by atoms with E-state index in [0.717, 1.165) is 5.56 Å². The zero-order valence-electron chi connectivity index (χ0n) is 8.20. The average molecular weight is 189 g/mol. The van der Waals surface area contributed by atoms with Gasteiger partial charge in [-0.05, 0) is 29.9 Å². The van der Waals surface area contributed by atoms with Crippen LogP contribution >= 0.6 is 0 Å². The van der Waals surface area contributed by atoms with Crippen LogP contribution in [0.4, 0.5) is 0 Å². The molecule has 0 spiro atoms. The second kappa shape index (κ2) is 3.82. The zero-order valence-corrected chi connectivity index (χ0v) is 8.20. The van der Waals surface area contributed by atoms with E-state index in [1.807, 2.05) is 18.2 Å². The molecule has 1 aromatic rings. The van der Waals surface area contributed by atoms with E-state index in [0.29, 0.717) is 12.3 Å². The molecule has 1 saturated carbocycles. The number of hydrogen-bond acceptors (Lipinski definition) is 1. The number of hydrogen-bond donors (Lipinski definition) is 1. The van der Waals surface area contributed by atoms with Crippen LogP contribution in [0.2, 0.25) is 0 Å². The third-order valence-electron chi connectivity index (χ3n) is 2.96. The maximum Gasteiger partial charge on any atom is 0.221 e. The second-order valence-corrected chi connectivity index (χ2v) is 3.97. The standard InChI is InChI=1S/C12H15NO/c13-12(14)8-10-4-1-2-7-11(10)9-5-3-6-9/h1-2,4,7,9H,3,5-6,8H2,(H2,13,14). The van der Waals surface area contributed by atoms with Gasteiger partial charge in [-0.2, -0.15) is 0 Å². The molecule has 1 fully saturated rings. The van der Waals surface area contributed by atoms with Crippen LogP contribution in [0.15, 0.2) is 24.3 Å². The van der Waals surface area contributed by atoms with E-state index < -0.39 is 0 Å².